The van der Waals surface area contributed by atoms with Gasteiger partial charge in [-0.15, -0.1) is 0 Å². The van der Waals surface area contributed by atoms with Gasteiger partial charge < -0.3 is 10.1 Å². The Morgan fingerprint density at radius 1 is 1.00 bits per heavy atom. The van der Waals surface area contributed by atoms with Crippen LogP contribution < -0.4 is 5.32 Å². The second-order valence-corrected chi connectivity index (χ2v) is 7.50. The zero-order valence-corrected chi connectivity index (χ0v) is 18.2. The van der Waals surface area contributed by atoms with Crippen LogP contribution in [0.1, 0.15) is 44.5 Å². The van der Waals surface area contributed by atoms with Crippen LogP contribution in [0.2, 0.25) is 0 Å². The summed E-state index contributed by atoms with van der Waals surface area (Å²) in [7, 11) is 1.69. The number of nitrogens with zero attached hydrogens (tertiary/aromatic N) is 2. The zero-order chi connectivity index (χ0) is 22.7. The molecule has 0 aliphatic heterocycles. The number of benzene rings is 2. The molecule has 0 saturated heterocycles. The van der Waals surface area contributed by atoms with Crippen LogP contribution in [0.4, 0.5) is 5.69 Å². The van der Waals surface area contributed by atoms with Crippen LogP contribution in [0.3, 0.4) is 0 Å². The molecule has 0 bridgehead atoms. The Morgan fingerprint density at radius 3 is 2.29 bits per heavy atom. The fraction of sp³-hybridized carbons (Fsp3) is 0.250. The zero-order valence-electron chi connectivity index (χ0n) is 18.2. The normalized spacial score (nSPS) is 11.6. The molecule has 1 aromatic heterocycles. The second kappa shape index (κ2) is 8.95. The first-order valence-electron chi connectivity index (χ1n) is 9.87. The third kappa shape index (κ3) is 4.71. The predicted octanol–water partition coefficient (Wildman–Crippen LogP) is 3.76. The molecule has 1 amide bonds. The lowest BCUT2D eigenvalue weighted by Crippen LogP contribution is -2.29. The van der Waals surface area contributed by atoms with E-state index in [1.807, 2.05) is 32.0 Å². The van der Waals surface area contributed by atoms with E-state index in [1.165, 1.54) is 4.68 Å². The van der Waals surface area contributed by atoms with Crippen LogP contribution in [0, 0.1) is 27.7 Å². The minimum absolute atomic E-state index is 0.189. The fourth-order valence-electron chi connectivity index (χ4n) is 3.33. The van der Waals surface area contributed by atoms with Crippen molar-refractivity contribution in [3.05, 3.63) is 82.2 Å². The smallest absolute Gasteiger partial charge is 0.380 e. The number of anilines is 1. The molecular weight excluding hydrogens is 394 g/mol. The van der Waals surface area contributed by atoms with E-state index in [2.05, 4.69) is 10.4 Å². The summed E-state index contributed by atoms with van der Waals surface area (Å²) in [6, 6.07) is 14.3. The van der Waals surface area contributed by atoms with Gasteiger partial charge in [-0.2, -0.15) is 5.10 Å². The van der Waals surface area contributed by atoms with E-state index in [0.29, 0.717) is 22.6 Å². The molecule has 1 atom stereocenters. The van der Waals surface area contributed by atoms with E-state index in [-0.39, 0.29) is 5.56 Å². The van der Waals surface area contributed by atoms with E-state index in [4.69, 9.17) is 4.74 Å². The highest BCUT2D eigenvalue weighted by atomic mass is 16.6. The van der Waals surface area contributed by atoms with Crippen molar-refractivity contribution in [2.45, 2.75) is 33.8 Å². The highest BCUT2D eigenvalue weighted by Gasteiger charge is 2.31. The van der Waals surface area contributed by atoms with E-state index in [0.717, 1.165) is 11.1 Å². The van der Waals surface area contributed by atoms with Crippen molar-refractivity contribution in [3.8, 4) is 0 Å². The van der Waals surface area contributed by atoms with Crippen LogP contribution in [-0.2, 0) is 21.4 Å². The topological polar surface area (TPSA) is 90.3 Å². The molecule has 1 heterocycles. The quantitative estimate of drug-likeness (QED) is 0.373. The maximum atomic E-state index is 13.1. The van der Waals surface area contributed by atoms with E-state index >= 15 is 0 Å². The summed E-state index contributed by atoms with van der Waals surface area (Å²) in [4.78, 5) is 38.6. The van der Waals surface area contributed by atoms with Crippen molar-refractivity contribution >= 4 is 23.3 Å². The predicted molar refractivity (Wildman–Crippen MR) is 117 cm³/mol. The van der Waals surface area contributed by atoms with Crippen LogP contribution in [0.5, 0.6) is 0 Å². The van der Waals surface area contributed by atoms with Crippen LogP contribution in [-0.4, -0.2) is 27.4 Å². The molecule has 0 saturated carbocycles. The number of carbonyl (C=O) groups excluding carboxylic acids is 3. The third-order valence-electron chi connectivity index (χ3n) is 5.14. The van der Waals surface area contributed by atoms with Gasteiger partial charge in [0.15, 0.2) is 0 Å². The van der Waals surface area contributed by atoms with Gasteiger partial charge in [-0.05, 0) is 44.9 Å². The molecule has 0 spiro atoms. The third-order valence-corrected chi connectivity index (χ3v) is 5.14. The number of nitrogens with one attached hydrogen (secondary N) is 1. The molecule has 2 aromatic carbocycles. The summed E-state index contributed by atoms with van der Waals surface area (Å²) in [6.07, 6.45) is -1.28. The van der Waals surface area contributed by atoms with Gasteiger partial charge in [-0.25, -0.2) is 4.79 Å². The molecule has 0 fully saturated rings. The highest BCUT2D eigenvalue weighted by molar-refractivity contribution is 6.41. The van der Waals surface area contributed by atoms with Gasteiger partial charge in [0, 0.05) is 24.0 Å². The van der Waals surface area contributed by atoms with Gasteiger partial charge >= 0.3 is 5.97 Å². The Hall–Kier alpha value is -3.74. The lowest BCUT2D eigenvalue weighted by molar-refractivity contribution is -0.149. The van der Waals surface area contributed by atoms with Crippen molar-refractivity contribution in [1.29, 1.82) is 0 Å². The molecule has 160 valence electrons. The van der Waals surface area contributed by atoms with E-state index in [1.54, 1.807) is 51.2 Å². The number of carbonyl (C=O) groups is 3. The second-order valence-electron chi connectivity index (χ2n) is 7.50. The molecule has 3 aromatic rings. The maximum Gasteiger partial charge on any atom is 0.380 e. The number of esters is 1. The fourth-order valence-corrected chi connectivity index (χ4v) is 3.33. The minimum atomic E-state index is -1.28. The first-order valence-corrected chi connectivity index (χ1v) is 9.87. The van der Waals surface area contributed by atoms with Gasteiger partial charge in [-0.1, -0.05) is 42.5 Å². The van der Waals surface area contributed by atoms with Crippen molar-refractivity contribution < 1.29 is 19.1 Å². The van der Waals surface area contributed by atoms with Gasteiger partial charge in [0.2, 0.25) is 6.10 Å². The molecule has 1 N–H and O–H groups in total. The summed E-state index contributed by atoms with van der Waals surface area (Å²) in [5.41, 5.74) is 4.10. The van der Waals surface area contributed by atoms with Gasteiger partial charge in [0.1, 0.15) is 0 Å². The summed E-state index contributed by atoms with van der Waals surface area (Å²) in [6.45, 7) is 7.13. The van der Waals surface area contributed by atoms with Crippen LogP contribution >= 0.6 is 0 Å². The first-order chi connectivity index (χ1) is 14.7. The largest absolute Gasteiger partial charge is 0.441 e. The lowest BCUT2D eigenvalue weighted by Gasteiger charge is -2.19. The average molecular weight is 419 g/mol. The molecule has 1 unspecified atom stereocenters. The number of Topliss-reactive ketones (excluding diaryl/α,β-unsaturated/α-hetero) is 1. The number of hydrogen-bond donors (Lipinski definition) is 1. The number of ether oxygens (including phenoxy) is 1. The highest BCUT2D eigenvalue weighted by Crippen LogP contribution is 2.24. The summed E-state index contributed by atoms with van der Waals surface area (Å²) >= 11 is 0. The summed E-state index contributed by atoms with van der Waals surface area (Å²) in [5, 5.41) is 6.99. The van der Waals surface area contributed by atoms with Crippen LogP contribution in [0.15, 0.2) is 48.5 Å². The Kier molecular flexibility index (Phi) is 6.34. The molecule has 0 aliphatic carbocycles. The molecular formula is C24H25N3O4. The summed E-state index contributed by atoms with van der Waals surface area (Å²) < 4.78 is 6.96. The first kappa shape index (κ1) is 22.0. The molecule has 0 aliphatic rings. The van der Waals surface area contributed by atoms with Crippen molar-refractivity contribution in [1.82, 2.24) is 9.78 Å². The Bertz CT molecular complexity index is 1150. The molecule has 7 nitrogen and oxygen atoms in total. The van der Waals surface area contributed by atoms with Gasteiger partial charge in [-0.3, -0.25) is 14.3 Å². The van der Waals surface area contributed by atoms with E-state index in [9.17, 15) is 14.4 Å². The monoisotopic (exact) mass is 419 g/mol. The number of hydrogen-bond acceptors (Lipinski definition) is 5. The average Bonchev–Trinajstić information content (AvgIpc) is 3.00. The van der Waals surface area contributed by atoms with Crippen molar-refractivity contribution in [3.63, 3.8) is 0 Å². The molecule has 0 radical (unpaired) electrons. The number of aromatic nitrogens is 2. The van der Waals surface area contributed by atoms with Crippen molar-refractivity contribution in [2.24, 2.45) is 7.05 Å². The standard InChI is InChI=1S/C24H25N3O4/c1-14-11-12-15(2)19(13-14)25-23(29)22(18-9-7-6-8-10-18)31-24(30)21(28)20-16(3)26-27(5)17(20)4/h6-13,22H,1-5H3,(H,25,29). The molecule has 3 rings (SSSR count). The number of amides is 1. The molecule has 7 heteroatoms. The van der Waals surface area contributed by atoms with Crippen molar-refractivity contribution in [2.75, 3.05) is 5.32 Å². The number of ketones is 1. The maximum absolute atomic E-state index is 13.1. The number of rotatable bonds is 6. The number of aryl methyl sites for hydroxylation is 4. The molecule has 31 heavy (non-hydrogen) atoms. The van der Waals surface area contributed by atoms with Crippen LogP contribution in [0.25, 0.3) is 0 Å². The minimum Gasteiger partial charge on any atom is -0.441 e. The summed E-state index contributed by atoms with van der Waals surface area (Å²) in [5.74, 6) is -2.48. The van der Waals surface area contributed by atoms with Gasteiger partial charge in [0.25, 0.3) is 11.7 Å². The Morgan fingerprint density at radius 2 is 1.68 bits per heavy atom. The van der Waals surface area contributed by atoms with E-state index < -0.39 is 23.8 Å². The Balaban J connectivity index is 1.89. The Labute approximate surface area is 181 Å². The lowest BCUT2D eigenvalue weighted by atomic mass is 10.1. The van der Waals surface area contributed by atoms with Gasteiger partial charge in [0.05, 0.1) is 11.3 Å². The SMILES string of the molecule is Cc1ccc(C)c(NC(=O)C(OC(=O)C(=O)c2c(C)nn(C)c2C)c2ccccc2)c1.